The van der Waals surface area contributed by atoms with Crippen molar-refractivity contribution in [2.45, 2.75) is 20.8 Å². The number of carboxylic acid groups (broad SMARTS) is 1. The van der Waals surface area contributed by atoms with Gasteiger partial charge < -0.3 is 14.9 Å². The lowest BCUT2D eigenvalue weighted by Gasteiger charge is -2.32. The van der Waals surface area contributed by atoms with Gasteiger partial charge in [-0.3, -0.25) is 0 Å². The van der Waals surface area contributed by atoms with E-state index in [-0.39, 0.29) is 0 Å². The van der Waals surface area contributed by atoms with Gasteiger partial charge in [-0.25, -0.2) is 9.78 Å². The smallest absolute Gasteiger partial charge is 0.331 e. The highest BCUT2D eigenvalue weighted by molar-refractivity contribution is 7.15. The number of thiazole rings is 1. The highest BCUT2D eigenvalue weighted by atomic mass is 32.1. The van der Waals surface area contributed by atoms with E-state index in [1.54, 1.807) is 24.3 Å². The van der Waals surface area contributed by atoms with Gasteiger partial charge >= 0.3 is 5.97 Å². The molecule has 0 spiro atoms. The average Bonchev–Trinajstić information content (AvgIpc) is 2.87. The van der Waals surface area contributed by atoms with Gasteiger partial charge in [-0.15, -0.1) is 11.3 Å². The van der Waals surface area contributed by atoms with Gasteiger partial charge in [0, 0.05) is 36.6 Å². The summed E-state index contributed by atoms with van der Waals surface area (Å²) in [5.74, 6) is -0.892. The van der Waals surface area contributed by atoms with Crippen LogP contribution in [-0.2, 0) is 4.79 Å². The monoisotopic (exact) mass is 321 g/mol. The molecule has 0 aliphatic carbocycles. The van der Waals surface area contributed by atoms with Gasteiger partial charge in [0.2, 0.25) is 0 Å². The Bertz CT molecular complexity index is 611. The van der Waals surface area contributed by atoms with E-state index < -0.39 is 5.97 Å². The molecule has 22 heavy (non-hydrogen) atoms. The molecule has 1 aromatic rings. The van der Waals surface area contributed by atoms with Crippen molar-refractivity contribution in [2.75, 3.05) is 38.1 Å². The number of hydrogen-bond donors (Lipinski definition) is 1. The maximum Gasteiger partial charge on any atom is 0.331 e. The van der Waals surface area contributed by atoms with Crippen LogP contribution in [0.15, 0.2) is 17.7 Å². The highest BCUT2D eigenvalue weighted by Crippen LogP contribution is 2.30. The molecule has 0 bridgehead atoms. The molecule has 0 amide bonds. The van der Waals surface area contributed by atoms with Crippen molar-refractivity contribution < 1.29 is 9.90 Å². The molecular weight excluding hydrogens is 298 g/mol. The van der Waals surface area contributed by atoms with E-state index in [0.29, 0.717) is 5.57 Å². The van der Waals surface area contributed by atoms with Crippen molar-refractivity contribution >= 4 is 28.0 Å². The number of rotatable bonds is 4. The van der Waals surface area contributed by atoms with Gasteiger partial charge in [-0.2, -0.15) is 0 Å². The Labute approximate surface area is 135 Å². The molecule has 1 aliphatic rings. The quantitative estimate of drug-likeness (QED) is 0.682. The summed E-state index contributed by atoms with van der Waals surface area (Å²) in [5.41, 5.74) is 2.29. The molecule has 1 N–H and O–H groups in total. The van der Waals surface area contributed by atoms with Crippen molar-refractivity contribution in [1.82, 2.24) is 9.88 Å². The summed E-state index contributed by atoms with van der Waals surface area (Å²) in [6.07, 6.45) is 3.46. The predicted octanol–water partition coefficient (Wildman–Crippen LogP) is 2.64. The second-order valence-electron chi connectivity index (χ2n) is 5.70. The summed E-state index contributed by atoms with van der Waals surface area (Å²) in [6.45, 7) is 9.76. The molecule has 120 valence electrons. The number of hydrogen-bond acceptors (Lipinski definition) is 5. The van der Waals surface area contributed by atoms with E-state index in [1.165, 1.54) is 4.88 Å². The van der Waals surface area contributed by atoms with Crippen LogP contribution >= 0.6 is 11.3 Å². The molecular formula is C16H23N3O2S. The third kappa shape index (κ3) is 3.96. The van der Waals surface area contributed by atoms with Gasteiger partial charge in [0.1, 0.15) is 0 Å². The number of carbonyl (C=O) groups is 1. The molecule has 2 rings (SSSR count). The molecule has 0 atom stereocenters. The Balaban J connectivity index is 2.17. The number of allylic oxidation sites excluding steroid dienone is 3. The van der Waals surface area contributed by atoms with Gasteiger partial charge in [-0.1, -0.05) is 12.2 Å². The minimum Gasteiger partial charge on any atom is -0.478 e. The fourth-order valence-electron chi connectivity index (χ4n) is 2.28. The molecule has 0 aromatic carbocycles. The van der Waals surface area contributed by atoms with Crippen molar-refractivity contribution in [2.24, 2.45) is 0 Å². The zero-order valence-electron chi connectivity index (χ0n) is 13.6. The highest BCUT2D eigenvalue weighted by Gasteiger charge is 2.19. The van der Waals surface area contributed by atoms with Crippen LogP contribution in [-0.4, -0.2) is 54.2 Å². The van der Waals surface area contributed by atoms with Crippen LogP contribution in [0.2, 0.25) is 0 Å². The van der Waals surface area contributed by atoms with Gasteiger partial charge in [0.15, 0.2) is 5.13 Å². The third-order valence-electron chi connectivity index (χ3n) is 3.85. The van der Waals surface area contributed by atoms with E-state index in [0.717, 1.165) is 42.6 Å². The second-order valence-corrected chi connectivity index (χ2v) is 6.88. The van der Waals surface area contributed by atoms with Crippen molar-refractivity contribution in [1.29, 1.82) is 0 Å². The van der Waals surface area contributed by atoms with E-state index in [4.69, 9.17) is 10.1 Å². The van der Waals surface area contributed by atoms with Crippen LogP contribution in [0.1, 0.15) is 24.4 Å². The zero-order chi connectivity index (χ0) is 16.3. The molecule has 5 nitrogen and oxygen atoms in total. The van der Waals surface area contributed by atoms with Gasteiger partial charge in [0.05, 0.1) is 5.69 Å². The minimum atomic E-state index is -0.892. The van der Waals surface area contributed by atoms with Crippen LogP contribution in [0.3, 0.4) is 0 Å². The van der Waals surface area contributed by atoms with Gasteiger partial charge in [0.25, 0.3) is 0 Å². The summed E-state index contributed by atoms with van der Waals surface area (Å²) in [4.78, 5) is 21.4. The summed E-state index contributed by atoms with van der Waals surface area (Å²) in [5, 5.41) is 9.96. The summed E-state index contributed by atoms with van der Waals surface area (Å²) in [7, 11) is 2.14. The standard InChI is InChI=1S/C16H23N3O2S/c1-11(5-6-12(2)15(20)21)14-13(3)22-16(17-14)19-9-7-18(4)8-10-19/h5-6H,7-10H2,1-4H3,(H,20,21)/b11-5+,12-6+. The van der Waals surface area contributed by atoms with E-state index >= 15 is 0 Å². The average molecular weight is 321 g/mol. The van der Waals surface area contributed by atoms with Gasteiger partial charge in [-0.05, 0) is 33.4 Å². The van der Waals surface area contributed by atoms with Crippen molar-refractivity contribution in [3.8, 4) is 0 Å². The van der Waals surface area contributed by atoms with Crippen molar-refractivity contribution in [3.05, 3.63) is 28.3 Å². The Morgan fingerprint density at radius 3 is 2.45 bits per heavy atom. The van der Waals surface area contributed by atoms with Crippen molar-refractivity contribution in [3.63, 3.8) is 0 Å². The number of aromatic nitrogens is 1. The number of aryl methyl sites for hydroxylation is 1. The number of likely N-dealkylation sites (N-methyl/N-ethyl adjacent to an activating group) is 1. The first kappa shape index (κ1) is 16.7. The molecule has 0 radical (unpaired) electrons. The maximum atomic E-state index is 10.8. The molecule has 0 unspecified atom stereocenters. The number of aliphatic carboxylic acids is 1. The molecule has 1 saturated heterocycles. The first-order chi connectivity index (χ1) is 10.4. The zero-order valence-corrected chi connectivity index (χ0v) is 14.4. The normalized spacial score (nSPS) is 17.9. The summed E-state index contributed by atoms with van der Waals surface area (Å²) >= 11 is 1.71. The minimum absolute atomic E-state index is 0.325. The van der Waals surface area contributed by atoms with E-state index in [2.05, 4.69) is 23.8 Å². The van der Waals surface area contributed by atoms with Crippen LogP contribution < -0.4 is 4.90 Å². The second kappa shape index (κ2) is 7.07. The molecule has 0 saturated carbocycles. The number of piperazine rings is 1. The molecule has 6 heteroatoms. The number of carboxylic acids is 1. The Morgan fingerprint density at radius 1 is 1.23 bits per heavy atom. The van der Waals surface area contributed by atoms with E-state index in [9.17, 15) is 4.79 Å². The maximum absolute atomic E-state index is 10.8. The SMILES string of the molecule is C/C(=C\C=C(/C)c1nc(N2CCN(C)CC2)sc1C)C(=O)O. The predicted molar refractivity (Wildman–Crippen MR) is 91.6 cm³/mol. The molecule has 1 aromatic heterocycles. The first-order valence-corrected chi connectivity index (χ1v) is 8.20. The largest absolute Gasteiger partial charge is 0.478 e. The third-order valence-corrected chi connectivity index (χ3v) is 4.88. The molecule has 1 fully saturated rings. The fraction of sp³-hybridized carbons (Fsp3) is 0.500. The Kier molecular flexibility index (Phi) is 5.37. The lowest BCUT2D eigenvalue weighted by Crippen LogP contribution is -2.44. The van der Waals surface area contributed by atoms with E-state index in [1.807, 2.05) is 13.0 Å². The topological polar surface area (TPSA) is 56.7 Å². The molecule has 2 heterocycles. The number of anilines is 1. The Hall–Kier alpha value is -1.66. The van der Waals surface area contributed by atoms with Crippen LogP contribution in [0.5, 0.6) is 0 Å². The summed E-state index contributed by atoms with van der Waals surface area (Å²) < 4.78 is 0. The first-order valence-electron chi connectivity index (χ1n) is 7.38. The summed E-state index contributed by atoms with van der Waals surface area (Å²) in [6, 6.07) is 0. The lowest BCUT2D eigenvalue weighted by atomic mass is 10.1. The molecule has 1 aliphatic heterocycles. The lowest BCUT2D eigenvalue weighted by molar-refractivity contribution is -0.132. The van der Waals surface area contributed by atoms with Crippen LogP contribution in [0.25, 0.3) is 5.57 Å². The number of nitrogens with zero attached hydrogens (tertiary/aromatic N) is 3. The fourth-order valence-corrected chi connectivity index (χ4v) is 3.31. The Morgan fingerprint density at radius 2 is 1.86 bits per heavy atom. The van der Waals surface area contributed by atoms with Crippen LogP contribution in [0.4, 0.5) is 5.13 Å². The van der Waals surface area contributed by atoms with Crippen LogP contribution in [0, 0.1) is 6.92 Å².